The van der Waals surface area contributed by atoms with E-state index in [9.17, 15) is 14.7 Å². The van der Waals surface area contributed by atoms with Crippen LogP contribution in [-0.2, 0) is 28.2 Å². The van der Waals surface area contributed by atoms with Crippen molar-refractivity contribution in [2.45, 2.75) is 62.7 Å². The minimum atomic E-state index is -2.96. The third-order valence-electron chi connectivity index (χ3n) is 11.9. The molecule has 3 aliphatic heterocycles. The van der Waals surface area contributed by atoms with Crippen LogP contribution in [0.5, 0.6) is 0 Å². The number of aliphatic hydroxyl groups is 1. The minimum absolute atomic E-state index is 0.103. The molecule has 3 aliphatic rings. The highest BCUT2D eigenvalue weighted by molar-refractivity contribution is 6.71. The van der Waals surface area contributed by atoms with Crippen molar-refractivity contribution in [2.24, 2.45) is 5.92 Å². The number of hydrogen-bond acceptors (Lipinski definition) is 7. The number of aromatic nitrogens is 3. The number of ether oxygens (including phenoxy) is 1. The van der Waals surface area contributed by atoms with E-state index in [1.54, 1.807) is 14.5 Å². The standard InChI is InChI=1S/C44H43N5O5Si/c1-28-41(55(2,3)53)39(22-23-47-26-36(45-46-47)34(27-50)30-14-8-5-9-15-30)54-44(28)35-24-32(20-21-37(35)48(43(44)52)25-29-12-6-4-7-13-29)49-38-19-11-17-31-16-10-18-33(40(31)38)42(49)51/h4-21,24,26,28,34,39,41,50,53H,22-23,25,27H2,1-3H3/t28-,34?,39+,41-,44+/m1/s1. The van der Waals surface area contributed by atoms with Gasteiger partial charge < -0.3 is 19.5 Å². The average Bonchev–Trinajstić information content (AvgIpc) is 3.91. The van der Waals surface area contributed by atoms with E-state index in [4.69, 9.17) is 4.74 Å². The average molecular weight is 750 g/mol. The van der Waals surface area contributed by atoms with Gasteiger partial charge in [-0.05, 0) is 66.4 Å². The van der Waals surface area contributed by atoms with Crippen molar-refractivity contribution in [3.8, 4) is 0 Å². The van der Waals surface area contributed by atoms with Crippen LogP contribution >= 0.6 is 0 Å². The number of anilines is 3. The van der Waals surface area contributed by atoms with E-state index < -0.39 is 20.0 Å². The Labute approximate surface area is 320 Å². The molecule has 1 fully saturated rings. The lowest BCUT2D eigenvalue weighted by Gasteiger charge is -2.32. The van der Waals surface area contributed by atoms with Crippen LogP contribution in [0.1, 0.15) is 52.0 Å². The maximum atomic E-state index is 15.2. The van der Waals surface area contributed by atoms with Crippen LogP contribution in [0, 0.1) is 5.92 Å². The van der Waals surface area contributed by atoms with Gasteiger partial charge in [0.1, 0.15) is 0 Å². The van der Waals surface area contributed by atoms with E-state index in [1.165, 1.54) is 0 Å². The molecule has 0 saturated carbocycles. The zero-order valence-corrected chi connectivity index (χ0v) is 32.0. The summed E-state index contributed by atoms with van der Waals surface area (Å²) >= 11 is 0. The number of aliphatic hydroxyl groups excluding tert-OH is 1. The number of rotatable bonds is 10. The Kier molecular flexibility index (Phi) is 8.58. The van der Waals surface area contributed by atoms with Crippen LogP contribution in [0.2, 0.25) is 18.6 Å². The molecule has 1 aromatic heterocycles. The summed E-state index contributed by atoms with van der Waals surface area (Å²) in [5.74, 6) is -0.979. The zero-order valence-electron chi connectivity index (χ0n) is 31.0. The van der Waals surface area contributed by atoms with Crippen molar-refractivity contribution in [2.75, 3.05) is 16.4 Å². The first-order valence-electron chi connectivity index (χ1n) is 18.9. The molecule has 11 heteroatoms. The van der Waals surface area contributed by atoms with E-state index in [1.807, 2.05) is 141 Å². The number of fused-ring (bicyclic) bond motifs is 2. The van der Waals surface area contributed by atoms with Crippen molar-refractivity contribution >= 4 is 48.0 Å². The third kappa shape index (κ3) is 5.64. The van der Waals surface area contributed by atoms with Crippen LogP contribution < -0.4 is 9.80 Å². The highest BCUT2D eigenvalue weighted by Crippen LogP contribution is 2.60. The Morgan fingerprint density at radius 2 is 1.62 bits per heavy atom. The first kappa shape index (κ1) is 35.3. The maximum Gasteiger partial charge on any atom is 0.264 e. The molecule has 1 unspecified atom stereocenters. The lowest BCUT2D eigenvalue weighted by molar-refractivity contribution is -0.146. The van der Waals surface area contributed by atoms with E-state index in [0.29, 0.717) is 42.0 Å². The summed E-state index contributed by atoms with van der Waals surface area (Å²) in [5, 5.41) is 21.0. The SMILES string of the molecule is C[C@@H]1[C@@H]([Si](C)(C)O)[C@H](CCn2cc(C(CO)c3ccccc3)nn2)O[C@@]12C(=O)N(Cc1ccccc1)c1ccc(N3C(=O)c4cccc5cccc3c45)cc12. The first-order valence-corrected chi connectivity index (χ1v) is 21.9. The molecule has 1 saturated heterocycles. The second kappa shape index (κ2) is 13.4. The van der Waals surface area contributed by atoms with Crippen molar-refractivity contribution in [1.29, 1.82) is 0 Å². The fourth-order valence-electron chi connectivity index (χ4n) is 9.47. The van der Waals surface area contributed by atoms with E-state index in [-0.39, 0.29) is 35.8 Å². The van der Waals surface area contributed by atoms with Crippen molar-refractivity contribution in [1.82, 2.24) is 15.0 Å². The molecule has 5 aromatic carbocycles. The van der Waals surface area contributed by atoms with Gasteiger partial charge in [-0.1, -0.05) is 97.1 Å². The molecular weight excluding hydrogens is 707 g/mol. The largest absolute Gasteiger partial charge is 0.432 e. The van der Waals surface area contributed by atoms with Crippen LogP contribution in [0.4, 0.5) is 17.1 Å². The Morgan fingerprint density at radius 1 is 0.891 bits per heavy atom. The number of carbonyl (C=O) groups excluding carboxylic acids is 2. The number of benzene rings is 5. The molecule has 55 heavy (non-hydrogen) atoms. The summed E-state index contributed by atoms with van der Waals surface area (Å²) in [6.45, 7) is 6.56. The van der Waals surface area contributed by atoms with Gasteiger partial charge in [-0.3, -0.25) is 19.2 Å². The Bertz CT molecular complexity index is 2430. The maximum absolute atomic E-state index is 15.2. The summed E-state index contributed by atoms with van der Waals surface area (Å²) in [5.41, 5.74) is 4.46. The van der Waals surface area contributed by atoms with Gasteiger partial charge in [0.15, 0.2) is 13.9 Å². The fraction of sp³-hybridized carbons (Fsp3) is 0.273. The summed E-state index contributed by atoms with van der Waals surface area (Å²) in [6, 6.07) is 37.2. The number of nitrogens with zero attached hydrogens (tertiary/aromatic N) is 5. The van der Waals surface area contributed by atoms with E-state index in [2.05, 4.69) is 10.3 Å². The summed E-state index contributed by atoms with van der Waals surface area (Å²) in [7, 11) is -2.96. The molecule has 0 radical (unpaired) electrons. The molecule has 278 valence electrons. The predicted octanol–water partition coefficient (Wildman–Crippen LogP) is 7.28. The monoisotopic (exact) mass is 749 g/mol. The van der Waals surface area contributed by atoms with Crippen LogP contribution in [0.15, 0.2) is 121 Å². The second-order valence-corrected chi connectivity index (χ2v) is 19.6. The van der Waals surface area contributed by atoms with Crippen molar-refractivity contribution in [3.63, 3.8) is 0 Å². The Morgan fingerprint density at radius 3 is 2.35 bits per heavy atom. The number of aryl methyl sites for hydroxylation is 1. The molecule has 1 spiro atoms. The fourth-order valence-corrected chi connectivity index (χ4v) is 12.1. The Balaban J connectivity index is 1.10. The predicted molar refractivity (Wildman–Crippen MR) is 214 cm³/mol. The minimum Gasteiger partial charge on any atom is -0.432 e. The van der Waals surface area contributed by atoms with Gasteiger partial charge in [-0.2, -0.15) is 0 Å². The third-order valence-corrected chi connectivity index (χ3v) is 14.4. The quantitative estimate of drug-likeness (QED) is 0.141. The lowest BCUT2D eigenvalue weighted by Crippen LogP contribution is -2.46. The van der Waals surface area contributed by atoms with Crippen molar-refractivity contribution in [3.05, 3.63) is 149 Å². The first-order chi connectivity index (χ1) is 26.6. The number of hydrogen-bond donors (Lipinski definition) is 2. The van der Waals surface area contributed by atoms with Gasteiger partial charge in [0, 0.05) is 40.8 Å². The topological polar surface area (TPSA) is 121 Å². The normalized spacial score (nSPS) is 22.3. The molecule has 4 heterocycles. The molecule has 5 atom stereocenters. The lowest BCUT2D eigenvalue weighted by atomic mass is 9.82. The Hall–Kier alpha value is -5.46. The second-order valence-electron chi connectivity index (χ2n) is 15.6. The molecular formula is C44H43N5O5Si. The highest BCUT2D eigenvalue weighted by Gasteiger charge is 2.66. The van der Waals surface area contributed by atoms with Crippen molar-refractivity contribution < 1.29 is 24.2 Å². The van der Waals surface area contributed by atoms with Gasteiger partial charge >= 0.3 is 0 Å². The van der Waals surface area contributed by atoms with Crippen LogP contribution in [-0.4, -0.2) is 57.7 Å². The molecule has 0 aliphatic carbocycles. The molecule has 6 aromatic rings. The molecule has 0 bridgehead atoms. The molecule has 2 N–H and O–H groups in total. The van der Waals surface area contributed by atoms with E-state index in [0.717, 1.165) is 33.3 Å². The van der Waals surface area contributed by atoms with Crippen LogP contribution in [0.25, 0.3) is 10.8 Å². The molecule has 10 nitrogen and oxygen atoms in total. The van der Waals surface area contributed by atoms with Gasteiger partial charge in [0.2, 0.25) is 0 Å². The summed E-state index contributed by atoms with van der Waals surface area (Å²) in [6.07, 6.45) is 1.86. The highest BCUT2D eigenvalue weighted by atomic mass is 28.4. The molecule has 2 amide bonds. The number of amides is 2. The van der Waals surface area contributed by atoms with Gasteiger partial charge in [-0.15, -0.1) is 5.10 Å². The smallest absolute Gasteiger partial charge is 0.264 e. The van der Waals surface area contributed by atoms with Gasteiger partial charge in [0.25, 0.3) is 11.8 Å². The zero-order chi connectivity index (χ0) is 38.1. The molecule has 9 rings (SSSR count). The summed E-state index contributed by atoms with van der Waals surface area (Å²) < 4.78 is 8.93. The van der Waals surface area contributed by atoms with Gasteiger partial charge in [-0.25, -0.2) is 0 Å². The number of carbonyl (C=O) groups is 2. The van der Waals surface area contributed by atoms with E-state index >= 15 is 4.79 Å². The summed E-state index contributed by atoms with van der Waals surface area (Å²) in [4.78, 5) is 44.7. The van der Waals surface area contributed by atoms with Crippen LogP contribution in [0.3, 0.4) is 0 Å². The van der Waals surface area contributed by atoms with Gasteiger partial charge in [0.05, 0.1) is 47.8 Å².